The predicted octanol–water partition coefficient (Wildman–Crippen LogP) is 0.955. The quantitative estimate of drug-likeness (QED) is 0.594. The molecule has 1 fully saturated rings. The summed E-state index contributed by atoms with van der Waals surface area (Å²) in [5.74, 6) is 0.542. The highest BCUT2D eigenvalue weighted by Gasteiger charge is 2.30. The first-order chi connectivity index (χ1) is 4.75. The van der Waals surface area contributed by atoms with Crippen molar-refractivity contribution in [2.24, 2.45) is 5.92 Å². The van der Waals surface area contributed by atoms with Crippen LogP contribution in [0.3, 0.4) is 0 Å². The van der Waals surface area contributed by atoms with Crippen molar-refractivity contribution in [2.45, 2.75) is 26.8 Å². The van der Waals surface area contributed by atoms with E-state index < -0.39 is 0 Å². The largest absolute Gasteiger partial charge is 0.396 e. The zero-order valence-electron chi connectivity index (χ0n) is 7.46. The van der Waals surface area contributed by atoms with Gasteiger partial charge in [-0.05, 0) is 14.0 Å². The molecular weight excluding hydrogens is 126 g/mol. The first-order valence-corrected chi connectivity index (χ1v) is 4.07. The maximum atomic E-state index is 8.65. The lowest BCUT2D eigenvalue weighted by atomic mass is 9.92. The van der Waals surface area contributed by atoms with E-state index in [1.54, 1.807) is 0 Å². The average molecular weight is 145 g/mol. The van der Waals surface area contributed by atoms with Crippen LogP contribution in [0.1, 0.15) is 20.8 Å². The molecular formula is C8H19NO. The van der Waals surface area contributed by atoms with E-state index in [0.717, 1.165) is 6.54 Å². The summed E-state index contributed by atoms with van der Waals surface area (Å²) in [4.78, 5) is 2.24. The highest BCUT2D eigenvalue weighted by Crippen LogP contribution is 2.20. The van der Waals surface area contributed by atoms with Crippen LogP contribution >= 0.6 is 0 Å². The topological polar surface area (TPSA) is 23.5 Å². The third-order valence-corrected chi connectivity index (χ3v) is 2.13. The Labute approximate surface area is 63.8 Å². The van der Waals surface area contributed by atoms with Gasteiger partial charge in [0, 0.05) is 25.1 Å². The van der Waals surface area contributed by atoms with Crippen molar-refractivity contribution in [1.82, 2.24) is 4.90 Å². The minimum atomic E-state index is 0.353. The fraction of sp³-hybridized carbons (Fsp3) is 1.00. The Morgan fingerprint density at radius 1 is 1.50 bits per heavy atom. The number of hydrogen-bond donors (Lipinski definition) is 1. The highest BCUT2D eigenvalue weighted by atomic mass is 16.3. The summed E-state index contributed by atoms with van der Waals surface area (Å²) >= 11 is 0. The Hall–Kier alpha value is -0.0800. The highest BCUT2D eigenvalue weighted by molar-refractivity contribution is 4.85. The van der Waals surface area contributed by atoms with Gasteiger partial charge in [0.05, 0.1) is 0 Å². The lowest BCUT2D eigenvalue weighted by molar-refractivity contribution is 0.0150. The minimum Gasteiger partial charge on any atom is -0.396 e. The van der Waals surface area contributed by atoms with Crippen LogP contribution in [0.25, 0.3) is 0 Å². The Kier molecular flexibility index (Phi) is 4.65. The second-order valence-corrected chi connectivity index (χ2v) is 2.62. The first-order valence-electron chi connectivity index (χ1n) is 4.07. The second kappa shape index (κ2) is 4.69. The molecule has 0 aromatic heterocycles. The van der Waals surface area contributed by atoms with Gasteiger partial charge < -0.3 is 10.0 Å². The summed E-state index contributed by atoms with van der Waals surface area (Å²) in [6.45, 7) is 7.56. The minimum absolute atomic E-state index is 0.353. The van der Waals surface area contributed by atoms with Gasteiger partial charge in [0.2, 0.25) is 0 Å². The van der Waals surface area contributed by atoms with E-state index in [-0.39, 0.29) is 0 Å². The van der Waals surface area contributed by atoms with Crippen LogP contribution < -0.4 is 0 Å². The number of nitrogens with zero attached hydrogens (tertiary/aromatic N) is 1. The molecule has 1 rings (SSSR count). The Morgan fingerprint density at radius 2 is 2.00 bits per heavy atom. The van der Waals surface area contributed by atoms with Crippen molar-refractivity contribution in [3.63, 3.8) is 0 Å². The van der Waals surface area contributed by atoms with E-state index in [1.807, 2.05) is 13.8 Å². The van der Waals surface area contributed by atoms with Crippen molar-refractivity contribution >= 4 is 0 Å². The van der Waals surface area contributed by atoms with Crippen LogP contribution in [-0.4, -0.2) is 36.2 Å². The molecule has 0 bridgehead atoms. The number of rotatable bonds is 1. The molecule has 1 saturated heterocycles. The standard InChI is InChI=1S/C6H13NO.C2H6/c1-5-6(4-8)3-7(5)2;1-2/h5-6,8H,3-4H2,1-2H3;1-2H3. The Balaban J connectivity index is 0.000000371. The van der Waals surface area contributed by atoms with Crippen LogP contribution in [0.15, 0.2) is 0 Å². The zero-order chi connectivity index (χ0) is 8.15. The average Bonchev–Trinajstić information content (AvgIpc) is 2.03. The SMILES string of the molecule is CC.CC1C(CO)CN1C. The predicted molar refractivity (Wildman–Crippen MR) is 44.0 cm³/mol. The second-order valence-electron chi connectivity index (χ2n) is 2.62. The maximum absolute atomic E-state index is 8.65. The van der Waals surface area contributed by atoms with Crippen LogP contribution in [0, 0.1) is 5.92 Å². The van der Waals surface area contributed by atoms with E-state index in [1.165, 1.54) is 0 Å². The first kappa shape index (κ1) is 9.92. The fourth-order valence-electron chi connectivity index (χ4n) is 1.12. The summed E-state index contributed by atoms with van der Waals surface area (Å²) in [7, 11) is 2.08. The van der Waals surface area contributed by atoms with E-state index in [2.05, 4.69) is 18.9 Å². The van der Waals surface area contributed by atoms with Gasteiger partial charge in [0.15, 0.2) is 0 Å². The van der Waals surface area contributed by atoms with Gasteiger partial charge in [-0.15, -0.1) is 0 Å². The van der Waals surface area contributed by atoms with Gasteiger partial charge in [-0.3, -0.25) is 0 Å². The molecule has 0 aromatic rings. The maximum Gasteiger partial charge on any atom is 0.0486 e. The smallest absolute Gasteiger partial charge is 0.0486 e. The molecule has 0 radical (unpaired) electrons. The summed E-state index contributed by atoms with van der Waals surface area (Å²) in [5, 5.41) is 8.65. The molecule has 10 heavy (non-hydrogen) atoms. The molecule has 1 N–H and O–H groups in total. The number of hydrogen-bond acceptors (Lipinski definition) is 2. The Morgan fingerprint density at radius 3 is 2.10 bits per heavy atom. The van der Waals surface area contributed by atoms with E-state index in [0.29, 0.717) is 18.6 Å². The summed E-state index contributed by atoms with van der Waals surface area (Å²) < 4.78 is 0. The Bertz CT molecular complexity index is 85.3. The van der Waals surface area contributed by atoms with Gasteiger partial charge in [-0.25, -0.2) is 0 Å². The summed E-state index contributed by atoms with van der Waals surface area (Å²) in [6.07, 6.45) is 0. The lowest BCUT2D eigenvalue weighted by Gasteiger charge is -2.42. The number of aliphatic hydroxyl groups is 1. The molecule has 0 saturated carbocycles. The molecule has 1 heterocycles. The number of likely N-dealkylation sites (tertiary alicyclic amines) is 1. The third-order valence-electron chi connectivity index (χ3n) is 2.13. The third kappa shape index (κ3) is 1.96. The van der Waals surface area contributed by atoms with Crippen molar-refractivity contribution in [3.8, 4) is 0 Å². The van der Waals surface area contributed by atoms with Crippen molar-refractivity contribution in [1.29, 1.82) is 0 Å². The molecule has 1 aliphatic heterocycles. The van der Waals surface area contributed by atoms with Crippen LogP contribution in [0.5, 0.6) is 0 Å². The molecule has 1 aliphatic rings. The van der Waals surface area contributed by atoms with Crippen molar-refractivity contribution in [3.05, 3.63) is 0 Å². The van der Waals surface area contributed by atoms with Crippen LogP contribution in [0.2, 0.25) is 0 Å². The molecule has 2 unspecified atom stereocenters. The zero-order valence-corrected chi connectivity index (χ0v) is 7.46. The van der Waals surface area contributed by atoms with Crippen LogP contribution in [-0.2, 0) is 0 Å². The lowest BCUT2D eigenvalue weighted by Crippen LogP contribution is -2.53. The van der Waals surface area contributed by atoms with E-state index in [9.17, 15) is 0 Å². The van der Waals surface area contributed by atoms with Gasteiger partial charge in [0.1, 0.15) is 0 Å². The molecule has 0 aliphatic carbocycles. The molecule has 2 nitrogen and oxygen atoms in total. The van der Waals surface area contributed by atoms with Gasteiger partial charge in [-0.2, -0.15) is 0 Å². The molecule has 0 aromatic carbocycles. The van der Waals surface area contributed by atoms with Gasteiger partial charge in [-0.1, -0.05) is 13.8 Å². The fourth-order valence-corrected chi connectivity index (χ4v) is 1.12. The monoisotopic (exact) mass is 145 g/mol. The number of aliphatic hydroxyl groups excluding tert-OH is 1. The normalized spacial score (nSPS) is 32.1. The van der Waals surface area contributed by atoms with Crippen molar-refractivity contribution < 1.29 is 5.11 Å². The van der Waals surface area contributed by atoms with Crippen LogP contribution in [0.4, 0.5) is 0 Å². The molecule has 0 amide bonds. The molecule has 0 spiro atoms. The molecule has 62 valence electrons. The molecule has 2 heteroatoms. The van der Waals surface area contributed by atoms with Gasteiger partial charge >= 0.3 is 0 Å². The van der Waals surface area contributed by atoms with Crippen molar-refractivity contribution in [2.75, 3.05) is 20.2 Å². The molecule has 2 atom stereocenters. The summed E-state index contributed by atoms with van der Waals surface area (Å²) in [5.41, 5.74) is 0. The summed E-state index contributed by atoms with van der Waals surface area (Å²) in [6, 6.07) is 0.597. The van der Waals surface area contributed by atoms with Gasteiger partial charge in [0.25, 0.3) is 0 Å². The van der Waals surface area contributed by atoms with E-state index in [4.69, 9.17) is 5.11 Å². The van der Waals surface area contributed by atoms with E-state index >= 15 is 0 Å².